The molecule has 1 aromatic heterocycles. The van der Waals surface area contributed by atoms with E-state index in [1.807, 2.05) is 11.8 Å². The number of ether oxygens (including phenoxy) is 1. The fraction of sp³-hybridized carbons (Fsp3) is 0.417. The van der Waals surface area contributed by atoms with Gasteiger partial charge >= 0.3 is 5.97 Å². The fourth-order valence-electron chi connectivity index (χ4n) is 3.94. The lowest BCUT2D eigenvalue weighted by Gasteiger charge is -2.33. The van der Waals surface area contributed by atoms with Gasteiger partial charge in [0, 0.05) is 19.0 Å². The molecule has 180 valence electrons. The summed E-state index contributed by atoms with van der Waals surface area (Å²) in [6, 6.07) is 12.3. The molecular formula is C24H28N4O5S. The van der Waals surface area contributed by atoms with Crippen molar-refractivity contribution < 1.29 is 22.7 Å². The van der Waals surface area contributed by atoms with E-state index in [9.17, 15) is 23.3 Å². The van der Waals surface area contributed by atoms with Crippen LogP contribution in [0.15, 0.2) is 36.4 Å². The van der Waals surface area contributed by atoms with Crippen LogP contribution < -0.4 is 9.62 Å². The molecule has 0 spiro atoms. The Bertz CT molecular complexity index is 1180. The van der Waals surface area contributed by atoms with Crippen molar-refractivity contribution in [1.29, 1.82) is 5.26 Å². The number of nitrogens with one attached hydrogen (secondary N) is 1. The summed E-state index contributed by atoms with van der Waals surface area (Å²) in [4.78, 5) is 31.3. The smallest absolute Gasteiger partial charge is 0.340 e. The quantitative estimate of drug-likeness (QED) is 0.566. The Morgan fingerprint density at radius 1 is 1.21 bits per heavy atom. The Morgan fingerprint density at radius 2 is 1.88 bits per heavy atom. The first kappa shape index (κ1) is 25.2. The Labute approximate surface area is 199 Å². The molecule has 0 saturated carbocycles. The molecule has 9 nitrogen and oxygen atoms in total. The number of esters is 1. The highest BCUT2D eigenvalue weighted by Gasteiger charge is 2.30. The molecule has 0 unspecified atom stereocenters. The van der Waals surface area contributed by atoms with E-state index < -0.39 is 27.8 Å². The van der Waals surface area contributed by atoms with Crippen molar-refractivity contribution in [2.75, 3.05) is 24.6 Å². The highest BCUT2D eigenvalue weighted by molar-refractivity contribution is 7.89. The van der Waals surface area contributed by atoms with Gasteiger partial charge in [0.05, 0.1) is 29.2 Å². The second-order valence-corrected chi connectivity index (χ2v) is 9.73. The summed E-state index contributed by atoms with van der Waals surface area (Å²) in [5.41, 5.74) is 1.68. The molecule has 1 aliphatic heterocycles. The van der Waals surface area contributed by atoms with Crippen molar-refractivity contribution in [1.82, 2.24) is 9.71 Å². The van der Waals surface area contributed by atoms with Crippen LogP contribution in [0.5, 0.6) is 0 Å². The lowest BCUT2D eigenvalue weighted by Crippen LogP contribution is -2.43. The molecule has 10 heteroatoms. The van der Waals surface area contributed by atoms with Crippen molar-refractivity contribution in [2.24, 2.45) is 5.92 Å². The number of hydrogen-bond acceptors (Lipinski definition) is 8. The van der Waals surface area contributed by atoms with Gasteiger partial charge in [-0.15, -0.1) is 0 Å². The first-order chi connectivity index (χ1) is 16.3. The van der Waals surface area contributed by atoms with Crippen LogP contribution in [-0.4, -0.2) is 45.0 Å². The third-order valence-corrected chi connectivity index (χ3v) is 6.88. The van der Waals surface area contributed by atoms with E-state index in [1.165, 1.54) is 6.07 Å². The summed E-state index contributed by atoms with van der Waals surface area (Å²) in [6.45, 7) is 4.67. The summed E-state index contributed by atoms with van der Waals surface area (Å²) in [6.07, 6.45) is 1.33. The van der Waals surface area contributed by atoms with Crippen molar-refractivity contribution in [3.8, 4) is 6.07 Å². The zero-order valence-corrected chi connectivity index (χ0v) is 20.1. The molecule has 0 bridgehead atoms. The number of anilines is 1. The molecule has 0 atom stereocenters. The molecule has 2 heterocycles. The number of nitrogens with zero attached hydrogens (tertiary/aromatic N) is 3. The second-order valence-electron chi connectivity index (χ2n) is 8.01. The predicted molar refractivity (Wildman–Crippen MR) is 126 cm³/mol. The molecular weight excluding hydrogens is 456 g/mol. The topological polar surface area (TPSA) is 129 Å². The highest BCUT2D eigenvalue weighted by Crippen LogP contribution is 2.27. The predicted octanol–water partition coefficient (Wildman–Crippen LogP) is 2.55. The maximum Gasteiger partial charge on any atom is 0.340 e. The number of carbonyl (C=O) groups is 2. The lowest BCUT2D eigenvalue weighted by atomic mass is 9.96. The van der Waals surface area contributed by atoms with E-state index in [0.29, 0.717) is 49.4 Å². The molecule has 1 fully saturated rings. The zero-order chi connectivity index (χ0) is 24.7. The first-order valence-electron chi connectivity index (χ1n) is 11.2. The van der Waals surface area contributed by atoms with E-state index in [-0.39, 0.29) is 23.5 Å². The minimum absolute atomic E-state index is 0.224. The van der Waals surface area contributed by atoms with Crippen molar-refractivity contribution in [2.45, 2.75) is 38.9 Å². The summed E-state index contributed by atoms with van der Waals surface area (Å²) in [5, 5.41) is 9.64. The summed E-state index contributed by atoms with van der Waals surface area (Å²) >= 11 is 0. The number of aromatic nitrogens is 1. The molecule has 1 saturated heterocycles. The van der Waals surface area contributed by atoms with Crippen LogP contribution in [-0.2, 0) is 31.7 Å². The number of aryl methyl sites for hydroxylation is 1. The molecule has 0 aliphatic carbocycles. The summed E-state index contributed by atoms with van der Waals surface area (Å²) in [7, 11) is -3.80. The van der Waals surface area contributed by atoms with Gasteiger partial charge in [-0.3, -0.25) is 9.52 Å². The Hall–Kier alpha value is -3.45. The van der Waals surface area contributed by atoms with Crippen LogP contribution >= 0.6 is 0 Å². The van der Waals surface area contributed by atoms with Gasteiger partial charge in [-0.2, -0.15) is 5.26 Å². The first-order valence-corrected chi connectivity index (χ1v) is 12.9. The Morgan fingerprint density at radius 3 is 2.47 bits per heavy atom. The minimum Gasteiger partial charge on any atom is -0.462 e. The van der Waals surface area contributed by atoms with Gasteiger partial charge in [0.25, 0.3) is 0 Å². The number of carbonyl (C=O) groups excluding carboxylic acids is 2. The van der Waals surface area contributed by atoms with Crippen LogP contribution in [0, 0.1) is 17.2 Å². The van der Waals surface area contributed by atoms with Gasteiger partial charge in [0.1, 0.15) is 11.9 Å². The highest BCUT2D eigenvalue weighted by atomic mass is 32.2. The standard InChI is InChI=1S/C24H28N4O5S/c1-3-21-20(24(30)33-4-2)14-19(15-25)22(26-21)28-12-10-18(11-13-28)23(29)27-34(31,32)16-17-8-6-5-7-9-17/h5-9,14,18H,3-4,10-13,16H2,1-2H3,(H,27,29). The van der Waals surface area contributed by atoms with Crippen molar-refractivity contribution >= 4 is 27.7 Å². The van der Waals surface area contributed by atoms with Gasteiger partial charge in [-0.25, -0.2) is 18.2 Å². The number of pyridine rings is 1. The van der Waals surface area contributed by atoms with Crippen LogP contribution in [0.2, 0.25) is 0 Å². The van der Waals surface area contributed by atoms with Crippen molar-refractivity contribution in [3.63, 3.8) is 0 Å². The molecule has 1 amide bonds. The normalized spacial score (nSPS) is 14.3. The minimum atomic E-state index is -3.80. The van der Waals surface area contributed by atoms with E-state index >= 15 is 0 Å². The SMILES string of the molecule is CCOC(=O)c1cc(C#N)c(N2CCC(C(=O)NS(=O)(=O)Cc3ccccc3)CC2)nc1CC. The third-order valence-electron chi connectivity index (χ3n) is 5.65. The average molecular weight is 485 g/mol. The Balaban J connectivity index is 1.67. The van der Waals surface area contributed by atoms with E-state index in [4.69, 9.17) is 4.74 Å². The number of sulfonamides is 1. The number of hydrogen-bond donors (Lipinski definition) is 1. The van der Waals surface area contributed by atoms with E-state index in [1.54, 1.807) is 37.3 Å². The molecule has 2 aromatic rings. The van der Waals surface area contributed by atoms with E-state index in [2.05, 4.69) is 15.8 Å². The Kier molecular flexibility index (Phi) is 8.23. The van der Waals surface area contributed by atoms with Crippen LogP contribution in [0.4, 0.5) is 5.82 Å². The largest absolute Gasteiger partial charge is 0.462 e. The van der Waals surface area contributed by atoms with Gasteiger partial charge in [-0.05, 0) is 37.8 Å². The van der Waals surface area contributed by atoms with Gasteiger partial charge in [0.15, 0.2) is 0 Å². The summed E-state index contributed by atoms with van der Waals surface area (Å²) in [5.74, 6) is -1.29. The maximum atomic E-state index is 12.6. The number of benzene rings is 1. The number of amides is 1. The van der Waals surface area contributed by atoms with E-state index in [0.717, 1.165) is 0 Å². The molecule has 3 rings (SSSR count). The fourth-order valence-corrected chi connectivity index (χ4v) is 5.12. The van der Waals surface area contributed by atoms with Gasteiger partial charge in [-0.1, -0.05) is 37.3 Å². The molecule has 1 aromatic carbocycles. The monoisotopic (exact) mass is 484 g/mol. The third kappa shape index (κ3) is 6.11. The number of rotatable bonds is 8. The van der Waals surface area contributed by atoms with Gasteiger partial charge in [0.2, 0.25) is 15.9 Å². The number of nitriles is 1. The molecule has 1 N–H and O–H groups in total. The summed E-state index contributed by atoms with van der Waals surface area (Å²) < 4.78 is 32.1. The molecule has 34 heavy (non-hydrogen) atoms. The van der Waals surface area contributed by atoms with Crippen LogP contribution in [0.3, 0.4) is 0 Å². The van der Waals surface area contributed by atoms with Crippen molar-refractivity contribution in [3.05, 3.63) is 58.8 Å². The van der Waals surface area contributed by atoms with Gasteiger partial charge < -0.3 is 9.64 Å². The molecule has 0 radical (unpaired) electrons. The second kappa shape index (κ2) is 11.1. The van der Waals surface area contributed by atoms with Crippen LogP contribution in [0.1, 0.15) is 53.9 Å². The lowest BCUT2D eigenvalue weighted by molar-refractivity contribution is -0.123. The zero-order valence-electron chi connectivity index (χ0n) is 19.3. The molecule has 1 aliphatic rings. The van der Waals surface area contributed by atoms with Crippen LogP contribution in [0.25, 0.3) is 0 Å². The maximum absolute atomic E-state index is 12.6. The average Bonchev–Trinajstić information content (AvgIpc) is 2.83. The number of piperidine rings is 1.